The molecule has 1 aromatic carbocycles. The van der Waals surface area contributed by atoms with E-state index < -0.39 is 12.1 Å². The number of hydrogen-bond donors (Lipinski definition) is 0. The molecule has 1 aromatic heterocycles. The predicted molar refractivity (Wildman–Crippen MR) is 82.3 cm³/mol. The third-order valence-electron chi connectivity index (χ3n) is 3.37. The molecule has 136 valence electrons. The molecule has 1 heterocycles. The van der Waals surface area contributed by atoms with Crippen LogP contribution in [-0.2, 0) is 22.3 Å². The Balaban J connectivity index is 2.10. The van der Waals surface area contributed by atoms with Crippen LogP contribution in [0.1, 0.15) is 24.8 Å². The summed E-state index contributed by atoms with van der Waals surface area (Å²) in [4.78, 5) is 17.0. The van der Waals surface area contributed by atoms with Crippen molar-refractivity contribution in [2.75, 3.05) is 20.3 Å². The maximum absolute atomic E-state index is 12.5. The minimum atomic E-state index is -4.67. The maximum Gasteiger partial charge on any atom is 0.471 e. The number of alkyl halides is 3. The maximum atomic E-state index is 12.5. The summed E-state index contributed by atoms with van der Waals surface area (Å²) in [5.74, 6) is -1.65. The zero-order valence-corrected chi connectivity index (χ0v) is 13.8. The molecule has 25 heavy (non-hydrogen) atoms. The van der Waals surface area contributed by atoms with Gasteiger partial charge in [0, 0.05) is 25.8 Å². The molecule has 9 heteroatoms. The molecule has 0 aliphatic carbocycles. The summed E-state index contributed by atoms with van der Waals surface area (Å²) < 4.78 is 46.6. The third kappa shape index (κ3) is 5.02. The number of carbonyl (C=O) groups excluding carboxylic acids is 1. The second-order valence-corrected chi connectivity index (χ2v) is 5.37. The van der Waals surface area contributed by atoms with Crippen molar-refractivity contribution in [2.45, 2.75) is 26.1 Å². The molecular formula is C16H18F3N3O3. The van der Waals surface area contributed by atoms with Crippen LogP contribution in [0, 0.1) is 0 Å². The Morgan fingerprint density at radius 2 is 1.96 bits per heavy atom. The number of methoxy groups -OCH3 is 1. The lowest BCUT2D eigenvalue weighted by Crippen LogP contribution is -2.33. The fraction of sp³-hybridized carbons (Fsp3) is 0.438. The van der Waals surface area contributed by atoms with Gasteiger partial charge in [-0.15, -0.1) is 0 Å². The summed E-state index contributed by atoms with van der Waals surface area (Å²) in [6.07, 6.45) is -3.87. The summed E-state index contributed by atoms with van der Waals surface area (Å²) in [6.45, 7) is 2.94. The SMILES string of the molecule is CCCN(Cc1ccc(-c2noc(C(F)(F)F)n2)cc1)C(=O)COC. The first kappa shape index (κ1) is 18.9. The lowest BCUT2D eigenvalue weighted by atomic mass is 10.1. The summed E-state index contributed by atoms with van der Waals surface area (Å²) in [6, 6.07) is 6.60. The Hall–Kier alpha value is -2.42. The molecule has 1 amide bonds. The molecule has 0 unspecified atom stereocenters. The Kier molecular flexibility index (Phi) is 6.13. The number of carbonyl (C=O) groups is 1. The van der Waals surface area contributed by atoms with Gasteiger partial charge in [0.05, 0.1) is 0 Å². The molecule has 0 saturated carbocycles. The zero-order chi connectivity index (χ0) is 18.4. The lowest BCUT2D eigenvalue weighted by molar-refractivity contribution is -0.159. The van der Waals surface area contributed by atoms with Gasteiger partial charge >= 0.3 is 12.1 Å². The Bertz CT molecular complexity index is 699. The molecular weight excluding hydrogens is 339 g/mol. The summed E-state index contributed by atoms with van der Waals surface area (Å²) in [5, 5.41) is 3.34. The van der Waals surface area contributed by atoms with Crippen LogP contribution >= 0.6 is 0 Å². The average molecular weight is 357 g/mol. The van der Waals surface area contributed by atoms with Crippen molar-refractivity contribution in [3.05, 3.63) is 35.7 Å². The van der Waals surface area contributed by atoms with Crippen LogP contribution in [0.15, 0.2) is 28.8 Å². The number of amides is 1. The van der Waals surface area contributed by atoms with E-state index in [-0.39, 0.29) is 18.3 Å². The van der Waals surface area contributed by atoms with E-state index in [0.717, 1.165) is 12.0 Å². The van der Waals surface area contributed by atoms with E-state index in [4.69, 9.17) is 4.74 Å². The highest BCUT2D eigenvalue weighted by Crippen LogP contribution is 2.29. The van der Waals surface area contributed by atoms with Crippen molar-refractivity contribution >= 4 is 5.91 Å². The number of aromatic nitrogens is 2. The van der Waals surface area contributed by atoms with Gasteiger partial charge in [-0.3, -0.25) is 4.79 Å². The second kappa shape index (κ2) is 8.11. The Morgan fingerprint density at radius 1 is 1.28 bits per heavy atom. The molecule has 0 aliphatic rings. The number of nitrogens with zero attached hydrogens (tertiary/aromatic N) is 3. The van der Waals surface area contributed by atoms with Gasteiger partial charge in [0.15, 0.2) is 0 Å². The van der Waals surface area contributed by atoms with Crippen LogP contribution in [0.2, 0.25) is 0 Å². The van der Waals surface area contributed by atoms with Crippen molar-refractivity contribution in [1.82, 2.24) is 15.0 Å². The first-order valence-corrected chi connectivity index (χ1v) is 7.62. The number of halogens is 3. The smallest absolute Gasteiger partial charge is 0.375 e. The van der Waals surface area contributed by atoms with Gasteiger partial charge in [-0.05, 0) is 12.0 Å². The lowest BCUT2D eigenvalue weighted by Gasteiger charge is -2.22. The quantitative estimate of drug-likeness (QED) is 0.761. The van der Waals surface area contributed by atoms with Crippen LogP contribution in [0.3, 0.4) is 0 Å². The minimum absolute atomic E-state index is 0.00115. The Morgan fingerprint density at radius 3 is 2.48 bits per heavy atom. The van der Waals surface area contributed by atoms with Gasteiger partial charge in [0.1, 0.15) is 6.61 Å². The first-order valence-electron chi connectivity index (χ1n) is 7.62. The van der Waals surface area contributed by atoms with E-state index in [2.05, 4.69) is 14.7 Å². The van der Waals surface area contributed by atoms with Gasteiger partial charge in [0.25, 0.3) is 0 Å². The second-order valence-electron chi connectivity index (χ2n) is 5.37. The normalized spacial score (nSPS) is 11.6. The fourth-order valence-electron chi connectivity index (χ4n) is 2.21. The standard InChI is InChI=1S/C16H18F3N3O3/c1-3-8-22(13(23)10-24-2)9-11-4-6-12(7-5-11)14-20-15(25-21-14)16(17,18)19/h4-7H,3,8-10H2,1-2H3. The summed E-state index contributed by atoms with van der Waals surface area (Å²) in [5.41, 5.74) is 1.23. The molecule has 2 aromatic rings. The topological polar surface area (TPSA) is 68.5 Å². The molecule has 0 aliphatic heterocycles. The molecule has 0 saturated heterocycles. The van der Waals surface area contributed by atoms with E-state index in [1.165, 1.54) is 7.11 Å². The van der Waals surface area contributed by atoms with Crippen LogP contribution in [0.4, 0.5) is 13.2 Å². The number of benzene rings is 1. The van der Waals surface area contributed by atoms with E-state index >= 15 is 0 Å². The van der Waals surface area contributed by atoms with Crippen molar-refractivity contribution < 1.29 is 27.2 Å². The average Bonchev–Trinajstić information content (AvgIpc) is 3.05. The van der Waals surface area contributed by atoms with Gasteiger partial charge in [-0.1, -0.05) is 36.3 Å². The number of ether oxygens (including phenoxy) is 1. The molecule has 0 bridgehead atoms. The van der Waals surface area contributed by atoms with Gasteiger partial charge in [-0.2, -0.15) is 18.2 Å². The van der Waals surface area contributed by atoms with Crippen molar-refractivity contribution in [2.24, 2.45) is 0 Å². The van der Waals surface area contributed by atoms with Crippen molar-refractivity contribution in [3.8, 4) is 11.4 Å². The monoisotopic (exact) mass is 357 g/mol. The molecule has 6 nitrogen and oxygen atoms in total. The van der Waals surface area contributed by atoms with E-state index in [0.29, 0.717) is 18.7 Å². The molecule has 0 fully saturated rings. The van der Waals surface area contributed by atoms with Gasteiger partial charge < -0.3 is 14.2 Å². The highest BCUT2D eigenvalue weighted by Gasteiger charge is 2.38. The number of hydrogen-bond acceptors (Lipinski definition) is 5. The highest BCUT2D eigenvalue weighted by atomic mass is 19.4. The summed E-state index contributed by atoms with van der Waals surface area (Å²) >= 11 is 0. The van der Waals surface area contributed by atoms with Crippen molar-refractivity contribution in [1.29, 1.82) is 0 Å². The van der Waals surface area contributed by atoms with E-state index in [9.17, 15) is 18.0 Å². The molecule has 0 atom stereocenters. The minimum Gasteiger partial charge on any atom is -0.375 e. The van der Waals surface area contributed by atoms with Crippen LogP contribution < -0.4 is 0 Å². The van der Waals surface area contributed by atoms with Crippen LogP contribution in [0.5, 0.6) is 0 Å². The highest BCUT2D eigenvalue weighted by molar-refractivity contribution is 5.77. The van der Waals surface area contributed by atoms with Gasteiger partial charge in [-0.25, -0.2) is 0 Å². The van der Waals surface area contributed by atoms with E-state index in [1.807, 2.05) is 6.92 Å². The molecule has 2 rings (SSSR count). The van der Waals surface area contributed by atoms with Crippen LogP contribution in [-0.4, -0.2) is 41.2 Å². The molecule has 0 radical (unpaired) electrons. The van der Waals surface area contributed by atoms with E-state index in [1.54, 1.807) is 29.2 Å². The largest absolute Gasteiger partial charge is 0.471 e. The van der Waals surface area contributed by atoms with Gasteiger partial charge in [0.2, 0.25) is 11.7 Å². The van der Waals surface area contributed by atoms with Crippen LogP contribution in [0.25, 0.3) is 11.4 Å². The third-order valence-corrected chi connectivity index (χ3v) is 3.37. The predicted octanol–water partition coefficient (Wildman–Crippen LogP) is 3.14. The molecule has 0 N–H and O–H groups in total. The number of rotatable bonds is 7. The Labute approximate surface area is 142 Å². The first-order chi connectivity index (χ1) is 11.8. The van der Waals surface area contributed by atoms with Crippen molar-refractivity contribution in [3.63, 3.8) is 0 Å². The molecule has 0 spiro atoms. The zero-order valence-electron chi connectivity index (χ0n) is 13.8. The summed E-state index contributed by atoms with van der Waals surface area (Å²) in [7, 11) is 1.46. The fourth-order valence-corrected chi connectivity index (χ4v) is 2.21.